The van der Waals surface area contributed by atoms with Crippen LogP contribution in [0.25, 0.3) is 10.8 Å². The molecule has 19 heavy (non-hydrogen) atoms. The van der Waals surface area contributed by atoms with E-state index in [2.05, 4.69) is 10.2 Å². The zero-order chi connectivity index (χ0) is 13.2. The van der Waals surface area contributed by atoms with E-state index in [0.717, 1.165) is 15.5 Å². The second-order valence-electron chi connectivity index (χ2n) is 4.02. The first-order valence-corrected chi connectivity index (χ1v) is 7.58. The summed E-state index contributed by atoms with van der Waals surface area (Å²) in [5, 5.41) is 10.3. The van der Waals surface area contributed by atoms with Crippen molar-refractivity contribution >= 4 is 23.1 Å². The van der Waals surface area contributed by atoms with Crippen molar-refractivity contribution in [1.82, 2.24) is 10.2 Å². The van der Waals surface area contributed by atoms with Gasteiger partial charge >= 0.3 is 0 Å². The summed E-state index contributed by atoms with van der Waals surface area (Å²) in [4.78, 5) is 2.10. The van der Waals surface area contributed by atoms with Gasteiger partial charge in [-0.25, -0.2) is 0 Å². The van der Waals surface area contributed by atoms with Crippen molar-refractivity contribution < 1.29 is 8.83 Å². The Balaban J connectivity index is 1.77. The minimum Gasteiger partial charge on any atom is -0.468 e. The van der Waals surface area contributed by atoms with Gasteiger partial charge in [0.05, 0.1) is 16.4 Å². The molecule has 1 unspecified atom stereocenters. The molecule has 3 heterocycles. The molecule has 0 radical (unpaired) electrons. The van der Waals surface area contributed by atoms with Crippen molar-refractivity contribution in [2.75, 3.05) is 0 Å². The van der Waals surface area contributed by atoms with Gasteiger partial charge in [-0.2, -0.15) is 0 Å². The molecule has 0 spiro atoms. The molecule has 4 nitrogen and oxygen atoms in total. The van der Waals surface area contributed by atoms with E-state index in [4.69, 9.17) is 8.83 Å². The van der Waals surface area contributed by atoms with Crippen molar-refractivity contribution in [3.05, 3.63) is 41.5 Å². The van der Waals surface area contributed by atoms with Crippen molar-refractivity contribution in [2.45, 2.75) is 24.0 Å². The van der Waals surface area contributed by atoms with Crippen LogP contribution in [0.15, 0.2) is 43.6 Å². The second kappa shape index (κ2) is 5.22. The highest BCUT2D eigenvalue weighted by molar-refractivity contribution is 7.99. The smallest absolute Gasteiger partial charge is 0.257 e. The van der Waals surface area contributed by atoms with Crippen LogP contribution >= 0.6 is 23.1 Å². The normalized spacial score (nSPS) is 12.7. The Bertz CT molecular complexity index is 658. The lowest BCUT2D eigenvalue weighted by atomic mass is 10.5. The molecule has 3 rings (SSSR count). The lowest BCUT2D eigenvalue weighted by molar-refractivity contribution is 0.509. The van der Waals surface area contributed by atoms with Crippen molar-refractivity contribution in [1.29, 1.82) is 0 Å². The Morgan fingerprint density at radius 3 is 2.89 bits per heavy atom. The molecule has 0 amide bonds. The Hall–Kier alpha value is -1.53. The van der Waals surface area contributed by atoms with Gasteiger partial charge < -0.3 is 8.83 Å². The standard InChI is InChI=1S/C13H12N2O2S2/c1-8-10(5-6-16-8)19-9(2)12-14-15-13(17-12)11-4-3-7-18-11/h3-7,9H,1-2H3. The highest BCUT2D eigenvalue weighted by atomic mass is 32.2. The number of aromatic nitrogens is 2. The number of nitrogens with zero attached hydrogens (tertiary/aromatic N) is 2. The zero-order valence-electron chi connectivity index (χ0n) is 10.5. The molecular weight excluding hydrogens is 280 g/mol. The molecule has 0 aliphatic rings. The average Bonchev–Trinajstić information content (AvgIpc) is 3.09. The van der Waals surface area contributed by atoms with E-state index in [0.29, 0.717) is 11.8 Å². The van der Waals surface area contributed by atoms with Gasteiger partial charge in [-0.05, 0) is 31.4 Å². The molecule has 0 aliphatic heterocycles. The van der Waals surface area contributed by atoms with Crippen LogP contribution in [0, 0.1) is 6.92 Å². The molecule has 0 saturated carbocycles. The van der Waals surface area contributed by atoms with Gasteiger partial charge in [0.1, 0.15) is 5.76 Å². The fraction of sp³-hybridized carbons (Fsp3) is 0.231. The number of thiophene rings is 1. The quantitative estimate of drug-likeness (QED) is 0.660. The number of rotatable bonds is 4. The molecule has 0 N–H and O–H groups in total. The van der Waals surface area contributed by atoms with Crippen LogP contribution in [-0.2, 0) is 0 Å². The highest BCUT2D eigenvalue weighted by Gasteiger charge is 2.18. The monoisotopic (exact) mass is 292 g/mol. The van der Waals surface area contributed by atoms with Crippen LogP contribution in [-0.4, -0.2) is 10.2 Å². The number of thioether (sulfide) groups is 1. The average molecular weight is 292 g/mol. The molecular formula is C13H12N2O2S2. The summed E-state index contributed by atoms with van der Waals surface area (Å²) in [6, 6.07) is 5.89. The van der Waals surface area contributed by atoms with Crippen LogP contribution in [0.4, 0.5) is 0 Å². The van der Waals surface area contributed by atoms with Crippen molar-refractivity contribution in [2.24, 2.45) is 0 Å². The maximum Gasteiger partial charge on any atom is 0.257 e. The third-order valence-electron chi connectivity index (χ3n) is 2.64. The van der Waals surface area contributed by atoms with Gasteiger partial charge in [0, 0.05) is 4.90 Å². The maximum atomic E-state index is 5.72. The summed E-state index contributed by atoms with van der Waals surface area (Å²) in [5.41, 5.74) is 0. The molecule has 0 saturated heterocycles. The van der Waals surface area contributed by atoms with E-state index in [1.165, 1.54) is 0 Å². The minimum absolute atomic E-state index is 0.0949. The maximum absolute atomic E-state index is 5.72. The van der Waals surface area contributed by atoms with E-state index < -0.39 is 0 Å². The summed E-state index contributed by atoms with van der Waals surface area (Å²) < 4.78 is 11.0. The lowest BCUT2D eigenvalue weighted by Crippen LogP contribution is -1.88. The Kier molecular flexibility index (Phi) is 3.44. The Labute approximate surface area is 118 Å². The van der Waals surface area contributed by atoms with Gasteiger partial charge in [0.15, 0.2) is 0 Å². The molecule has 98 valence electrons. The van der Waals surface area contributed by atoms with Gasteiger partial charge in [-0.1, -0.05) is 6.07 Å². The second-order valence-corrected chi connectivity index (χ2v) is 6.35. The summed E-state index contributed by atoms with van der Waals surface area (Å²) in [6.07, 6.45) is 1.69. The summed E-state index contributed by atoms with van der Waals surface area (Å²) in [6.45, 7) is 3.99. The Morgan fingerprint density at radius 2 is 2.21 bits per heavy atom. The van der Waals surface area contributed by atoms with Crippen LogP contribution in [0.2, 0.25) is 0 Å². The molecule has 0 aliphatic carbocycles. The van der Waals surface area contributed by atoms with E-state index in [1.807, 2.05) is 37.4 Å². The molecule has 6 heteroatoms. The molecule has 3 aromatic rings. The Morgan fingerprint density at radius 1 is 1.32 bits per heavy atom. The predicted octanol–water partition coefficient (Wildman–Crippen LogP) is 4.55. The van der Waals surface area contributed by atoms with E-state index in [-0.39, 0.29) is 5.25 Å². The number of hydrogen-bond donors (Lipinski definition) is 0. The molecule has 1 atom stereocenters. The van der Waals surface area contributed by atoms with E-state index in [1.54, 1.807) is 29.4 Å². The number of aryl methyl sites for hydroxylation is 1. The predicted molar refractivity (Wildman–Crippen MR) is 75.3 cm³/mol. The summed E-state index contributed by atoms with van der Waals surface area (Å²) in [7, 11) is 0. The van der Waals surface area contributed by atoms with E-state index >= 15 is 0 Å². The van der Waals surface area contributed by atoms with Crippen LogP contribution in [0.3, 0.4) is 0 Å². The van der Waals surface area contributed by atoms with E-state index in [9.17, 15) is 0 Å². The third kappa shape index (κ3) is 2.59. The van der Waals surface area contributed by atoms with Crippen LogP contribution < -0.4 is 0 Å². The first kappa shape index (κ1) is 12.5. The third-order valence-corrected chi connectivity index (χ3v) is 4.73. The van der Waals surface area contributed by atoms with Crippen LogP contribution in [0.5, 0.6) is 0 Å². The summed E-state index contributed by atoms with van der Waals surface area (Å²) >= 11 is 3.24. The first-order valence-electron chi connectivity index (χ1n) is 5.82. The SMILES string of the molecule is Cc1occc1SC(C)c1nnc(-c2cccs2)o1. The van der Waals surface area contributed by atoms with Crippen molar-refractivity contribution in [3.63, 3.8) is 0 Å². The largest absolute Gasteiger partial charge is 0.468 e. The number of furan rings is 1. The summed E-state index contributed by atoms with van der Waals surface area (Å²) in [5.74, 6) is 2.13. The fourth-order valence-corrected chi connectivity index (χ4v) is 3.20. The van der Waals surface area contributed by atoms with Crippen LogP contribution in [0.1, 0.15) is 23.8 Å². The molecule has 0 fully saturated rings. The molecule has 0 aromatic carbocycles. The topological polar surface area (TPSA) is 52.1 Å². The van der Waals surface area contributed by atoms with Gasteiger partial charge in [0.25, 0.3) is 5.89 Å². The van der Waals surface area contributed by atoms with Gasteiger partial charge in [-0.15, -0.1) is 33.3 Å². The lowest BCUT2D eigenvalue weighted by Gasteiger charge is -2.04. The minimum atomic E-state index is 0.0949. The van der Waals surface area contributed by atoms with Crippen molar-refractivity contribution in [3.8, 4) is 10.8 Å². The number of hydrogen-bond acceptors (Lipinski definition) is 6. The highest BCUT2D eigenvalue weighted by Crippen LogP contribution is 2.37. The molecule has 3 aromatic heterocycles. The first-order chi connectivity index (χ1) is 9.24. The fourth-order valence-electron chi connectivity index (χ4n) is 1.64. The zero-order valence-corrected chi connectivity index (χ0v) is 12.1. The molecule has 0 bridgehead atoms. The van der Waals surface area contributed by atoms with Gasteiger partial charge in [0.2, 0.25) is 5.89 Å². The van der Waals surface area contributed by atoms with Gasteiger partial charge in [-0.3, -0.25) is 0 Å².